The van der Waals surface area contributed by atoms with E-state index in [0.717, 1.165) is 6.42 Å². The first kappa shape index (κ1) is 14.2. The molecule has 2 aromatic carbocycles. The highest BCUT2D eigenvalue weighted by Crippen LogP contribution is 2.40. The van der Waals surface area contributed by atoms with Crippen molar-refractivity contribution in [3.8, 4) is 0 Å². The smallest absolute Gasteiger partial charge is 0.0878 e. The Morgan fingerprint density at radius 3 is 2.38 bits per heavy atom. The second kappa shape index (κ2) is 5.22. The normalized spacial score (nSPS) is 16.1. The van der Waals surface area contributed by atoms with Crippen molar-refractivity contribution in [2.45, 2.75) is 39.4 Å². The second-order valence-electron chi connectivity index (χ2n) is 6.67. The molecule has 0 saturated heterocycles. The summed E-state index contributed by atoms with van der Waals surface area (Å²) >= 11 is 0. The molecule has 0 N–H and O–H groups in total. The van der Waals surface area contributed by atoms with Crippen LogP contribution in [0.3, 0.4) is 0 Å². The summed E-state index contributed by atoms with van der Waals surface area (Å²) in [5.74, 6) is 0. The molecule has 0 atom stereocenters. The summed E-state index contributed by atoms with van der Waals surface area (Å²) in [6, 6.07) is 15.7. The summed E-state index contributed by atoms with van der Waals surface area (Å²) in [6.45, 7) is 8.93. The van der Waals surface area contributed by atoms with Gasteiger partial charge in [0, 0.05) is 0 Å². The lowest BCUT2D eigenvalue weighted by atomic mass is 9.66. The van der Waals surface area contributed by atoms with Gasteiger partial charge in [-0.3, -0.25) is 0 Å². The quantitative estimate of drug-likeness (QED) is 0.707. The number of aryl methyl sites for hydroxylation is 1. The molecule has 0 aliphatic heterocycles. The Balaban J connectivity index is 2.14. The molecule has 3 rings (SSSR count). The van der Waals surface area contributed by atoms with Gasteiger partial charge in [0.05, 0.1) is 0 Å². The van der Waals surface area contributed by atoms with E-state index < -0.39 is 0 Å². The standard InChI is InChI=1S/C20H22B/c1-14-5-7-15(8-6-14)17-11-12-20(2,3)19-13-16(21-4)9-10-18(17)19/h5-11,13H,12H2,1-4H3. The number of allylic oxidation sites excluding steroid dienone is 1. The Bertz CT molecular complexity index is 690. The van der Waals surface area contributed by atoms with Crippen LogP contribution in [0.25, 0.3) is 5.57 Å². The summed E-state index contributed by atoms with van der Waals surface area (Å²) in [4.78, 5) is 0. The van der Waals surface area contributed by atoms with Gasteiger partial charge < -0.3 is 0 Å². The molecule has 0 aromatic heterocycles. The maximum absolute atomic E-state index is 2.41. The lowest BCUT2D eigenvalue weighted by Gasteiger charge is -2.33. The van der Waals surface area contributed by atoms with Gasteiger partial charge in [-0.1, -0.05) is 80.2 Å². The second-order valence-corrected chi connectivity index (χ2v) is 6.67. The van der Waals surface area contributed by atoms with E-state index in [0.29, 0.717) is 0 Å². The predicted octanol–water partition coefficient (Wildman–Crippen LogP) is 4.49. The minimum atomic E-state index is 0.211. The van der Waals surface area contributed by atoms with Crippen molar-refractivity contribution in [1.29, 1.82) is 0 Å². The zero-order valence-corrected chi connectivity index (χ0v) is 13.4. The Morgan fingerprint density at radius 1 is 1.00 bits per heavy atom. The van der Waals surface area contributed by atoms with Gasteiger partial charge in [-0.05, 0) is 41.0 Å². The number of fused-ring (bicyclic) bond motifs is 1. The van der Waals surface area contributed by atoms with E-state index in [2.05, 4.69) is 83.4 Å². The summed E-state index contributed by atoms with van der Waals surface area (Å²) in [5, 5.41) is 0. The molecule has 0 bridgehead atoms. The molecular weight excluding hydrogens is 251 g/mol. The topological polar surface area (TPSA) is 0 Å². The van der Waals surface area contributed by atoms with E-state index in [1.54, 1.807) is 0 Å². The van der Waals surface area contributed by atoms with Crippen LogP contribution in [0, 0.1) is 6.92 Å². The van der Waals surface area contributed by atoms with Gasteiger partial charge in [0.25, 0.3) is 0 Å². The number of benzene rings is 2. The number of hydrogen-bond donors (Lipinski definition) is 0. The van der Waals surface area contributed by atoms with Crippen molar-refractivity contribution in [2.75, 3.05) is 0 Å². The van der Waals surface area contributed by atoms with Crippen LogP contribution in [0.4, 0.5) is 0 Å². The van der Waals surface area contributed by atoms with E-state index in [4.69, 9.17) is 0 Å². The van der Waals surface area contributed by atoms with E-state index in [1.165, 1.54) is 33.3 Å². The molecule has 21 heavy (non-hydrogen) atoms. The monoisotopic (exact) mass is 273 g/mol. The highest BCUT2D eigenvalue weighted by molar-refractivity contribution is 6.51. The van der Waals surface area contributed by atoms with E-state index in [1.807, 2.05) is 0 Å². The SMILES string of the molecule is C[B]c1ccc2c(c1)C(C)(C)CC=C2c1ccc(C)cc1. The largest absolute Gasteiger partial charge is 0.148 e. The van der Waals surface area contributed by atoms with Crippen molar-refractivity contribution in [3.63, 3.8) is 0 Å². The summed E-state index contributed by atoms with van der Waals surface area (Å²) in [5.41, 5.74) is 8.40. The highest BCUT2D eigenvalue weighted by Gasteiger charge is 2.28. The van der Waals surface area contributed by atoms with Crippen LogP contribution in [0.1, 0.15) is 42.5 Å². The molecule has 1 aliphatic rings. The summed E-state index contributed by atoms with van der Waals surface area (Å²) in [7, 11) is 2.18. The van der Waals surface area contributed by atoms with Crippen LogP contribution < -0.4 is 5.46 Å². The molecule has 0 saturated carbocycles. The van der Waals surface area contributed by atoms with Crippen molar-refractivity contribution in [3.05, 3.63) is 70.8 Å². The van der Waals surface area contributed by atoms with Crippen LogP contribution in [0.15, 0.2) is 48.5 Å². The van der Waals surface area contributed by atoms with E-state index in [-0.39, 0.29) is 5.41 Å². The first-order valence-electron chi connectivity index (χ1n) is 7.73. The van der Waals surface area contributed by atoms with E-state index in [9.17, 15) is 0 Å². The molecule has 0 spiro atoms. The van der Waals surface area contributed by atoms with Gasteiger partial charge in [0.1, 0.15) is 7.28 Å². The fourth-order valence-corrected chi connectivity index (χ4v) is 3.12. The van der Waals surface area contributed by atoms with Crippen LogP contribution in [-0.2, 0) is 5.41 Å². The van der Waals surface area contributed by atoms with Crippen molar-refractivity contribution >= 4 is 18.3 Å². The minimum Gasteiger partial charge on any atom is -0.0878 e. The minimum absolute atomic E-state index is 0.211. The Labute approximate surface area is 129 Å². The zero-order valence-electron chi connectivity index (χ0n) is 13.4. The predicted molar refractivity (Wildman–Crippen MR) is 93.6 cm³/mol. The molecule has 0 unspecified atom stereocenters. The molecule has 1 heteroatoms. The fourth-order valence-electron chi connectivity index (χ4n) is 3.12. The van der Waals surface area contributed by atoms with Gasteiger partial charge in [0.2, 0.25) is 0 Å². The average molecular weight is 273 g/mol. The van der Waals surface area contributed by atoms with Crippen LogP contribution in [-0.4, -0.2) is 7.28 Å². The maximum atomic E-state index is 2.41. The molecule has 105 valence electrons. The van der Waals surface area contributed by atoms with Gasteiger partial charge in [-0.15, -0.1) is 0 Å². The average Bonchev–Trinajstić information content (AvgIpc) is 2.48. The molecule has 0 fully saturated rings. The Hall–Kier alpha value is -1.76. The lowest BCUT2D eigenvalue weighted by molar-refractivity contribution is 0.528. The molecule has 0 nitrogen and oxygen atoms in total. The van der Waals surface area contributed by atoms with E-state index >= 15 is 0 Å². The first-order valence-corrected chi connectivity index (χ1v) is 7.73. The maximum Gasteiger partial charge on any atom is 0.148 e. The number of rotatable bonds is 2. The first-order chi connectivity index (χ1) is 10.0. The van der Waals surface area contributed by atoms with Gasteiger partial charge in [-0.2, -0.15) is 0 Å². The van der Waals surface area contributed by atoms with Crippen molar-refractivity contribution in [1.82, 2.24) is 0 Å². The third-order valence-corrected chi connectivity index (χ3v) is 4.58. The molecule has 0 amide bonds. The van der Waals surface area contributed by atoms with Crippen molar-refractivity contribution < 1.29 is 0 Å². The van der Waals surface area contributed by atoms with Crippen LogP contribution in [0.2, 0.25) is 6.82 Å². The highest BCUT2D eigenvalue weighted by atomic mass is 14.3. The number of hydrogen-bond acceptors (Lipinski definition) is 0. The Morgan fingerprint density at radius 2 is 1.71 bits per heavy atom. The molecule has 2 aromatic rings. The molecule has 1 aliphatic carbocycles. The lowest BCUT2D eigenvalue weighted by Crippen LogP contribution is -2.25. The van der Waals surface area contributed by atoms with Crippen LogP contribution in [0.5, 0.6) is 0 Å². The van der Waals surface area contributed by atoms with Gasteiger partial charge in [-0.25, -0.2) is 0 Å². The summed E-state index contributed by atoms with van der Waals surface area (Å²) in [6.07, 6.45) is 3.50. The van der Waals surface area contributed by atoms with Crippen molar-refractivity contribution in [2.24, 2.45) is 0 Å². The Kier molecular flexibility index (Phi) is 3.53. The molecule has 0 heterocycles. The zero-order chi connectivity index (χ0) is 15.0. The third kappa shape index (κ3) is 2.57. The van der Waals surface area contributed by atoms with Crippen LogP contribution >= 0.6 is 0 Å². The molecular formula is C20H22B. The van der Waals surface area contributed by atoms with Gasteiger partial charge >= 0.3 is 0 Å². The summed E-state index contributed by atoms with van der Waals surface area (Å²) < 4.78 is 0. The fraction of sp³-hybridized carbons (Fsp3) is 0.300. The third-order valence-electron chi connectivity index (χ3n) is 4.58. The molecule has 1 radical (unpaired) electrons. The van der Waals surface area contributed by atoms with Gasteiger partial charge in [0.15, 0.2) is 0 Å².